The van der Waals surface area contributed by atoms with Crippen LogP contribution >= 0.6 is 0 Å². The second kappa shape index (κ2) is 6.14. The molecule has 0 aromatic heterocycles. The van der Waals surface area contributed by atoms with Gasteiger partial charge in [-0.2, -0.15) is 0 Å². The molecule has 1 heterocycles. The highest BCUT2D eigenvalue weighted by atomic mass is 16.5. The molecule has 1 aliphatic rings. The maximum Gasteiger partial charge on any atom is 0.135 e. The van der Waals surface area contributed by atoms with E-state index in [0.29, 0.717) is 12.2 Å². The molecule has 1 fully saturated rings. The second-order valence-electron chi connectivity index (χ2n) is 3.96. The number of morpholine rings is 1. The second-order valence-corrected chi connectivity index (χ2v) is 3.96. The first-order valence-electron chi connectivity index (χ1n) is 5.57. The number of Topliss-reactive ketones (excluding diaryl/α,β-unsaturated/α-hetero) is 1. The molecule has 0 amide bonds. The molecule has 1 aliphatic heterocycles. The van der Waals surface area contributed by atoms with Gasteiger partial charge in [-0.3, -0.25) is 9.69 Å². The Morgan fingerprint density at radius 1 is 1.43 bits per heavy atom. The molecule has 3 heteroatoms. The molecule has 82 valence electrons. The first kappa shape index (κ1) is 11.7. The van der Waals surface area contributed by atoms with Crippen molar-refractivity contribution in [3.63, 3.8) is 0 Å². The zero-order valence-electron chi connectivity index (χ0n) is 9.29. The number of hydrogen-bond acceptors (Lipinski definition) is 3. The van der Waals surface area contributed by atoms with Gasteiger partial charge >= 0.3 is 0 Å². The molecule has 3 nitrogen and oxygen atoms in total. The topological polar surface area (TPSA) is 29.5 Å². The number of hydrogen-bond donors (Lipinski definition) is 0. The molecular formula is C11H21NO2. The van der Waals surface area contributed by atoms with Gasteiger partial charge in [-0.25, -0.2) is 0 Å². The van der Waals surface area contributed by atoms with Crippen molar-refractivity contribution in [3.05, 3.63) is 0 Å². The summed E-state index contributed by atoms with van der Waals surface area (Å²) in [7, 11) is 0. The Kier molecular flexibility index (Phi) is 5.12. The Labute approximate surface area is 86.4 Å². The van der Waals surface area contributed by atoms with Crippen LogP contribution in [0.1, 0.15) is 26.7 Å². The lowest BCUT2D eigenvalue weighted by Gasteiger charge is -2.27. The third-order valence-corrected chi connectivity index (χ3v) is 2.88. The molecule has 0 spiro atoms. The van der Waals surface area contributed by atoms with E-state index in [1.807, 2.05) is 13.8 Å². The van der Waals surface area contributed by atoms with Gasteiger partial charge in [0, 0.05) is 25.4 Å². The Morgan fingerprint density at radius 2 is 2.07 bits per heavy atom. The van der Waals surface area contributed by atoms with Crippen molar-refractivity contribution in [1.29, 1.82) is 0 Å². The third kappa shape index (κ3) is 3.76. The highest BCUT2D eigenvalue weighted by molar-refractivity contribution is 5.80. The van der Waals surface area contributed by atoms with Gasteiger partial charge in [-0.15, -0.1) is 0 Å². The number of ether oxygens (including phenoxy) is 1. The molecule has 0 bridgehead atoms. The fourth-order valence-corrected chi connectivity index (χ4v) is 1.71. The van der Waals surface area contributed by atoms with E-state index in [2.05, 4.69) is 4.90 Å². The van der Waals surface area contributed by atoms with Crippen molar-refractivity contribution in [2.75, 3.05) is 32.8 Å². The van der Waals surface area contributed by atoms with Gasteiger partial charge in [-0.1, -0.05) is 13.8 Å². The molecule has 0 radical (unpaired) electrons. The molecule has 14 heavy (non-hydrogen) atoms. The van der Waals surface area contributed by atoms with Crippen LogP contribution in [0.25, 0.3) is 0 Å². The monoisotopic (exact) mass is 199 g/mol. The molecule has 0 saturated carbocycles. The summed E-state index contributed by atoms with van der Waals surface area (Å²) in [6, 6.07) is 0. The zero-order valence-corrected chi connectivity index (χ0v) is 9.29. The smallest absolute Gasteiger partial charge is 0.135 e. The highest BCUT2D eigenvalue weighted by Crippen LogP contribution is 2.08. The number of ketones is 1. The third-order valence-electron chi connectivity index (χ3n) is 2.88. The van der Waals surface area contributed by atoms with Crippen LogP contribution in [0, 0.1) is 5.92 Å². The summed E-state index contributed by atoms with van der Waals surface area (Å²) in [5.74, 6) is 0.612. The van der Waals surface area contributed by atoms with E-state index < -0.39 is 0 Å². The minimum atomic E-state index is 0.225. The summed E-state index contributed by atoms with van der Waals surface area (Å²) in [5.41, 5.74) is 0. The van der Waals surface area contributed by atoms with E-state index in [9.17, 15) is 4.79 Å². The summed E-state index contributed by atoms with van der Waals surface area (Å²) in [6.45, 7) is 8.74. The van der Waals surface area contributed by atoms with Gasteiger partial charge in [0.1, 0.15) is 5.78 Å². The minimum Gasteiger partial charge on any atom is -0.379 e. The number of carbonyl (C=O) groups is 1. The van der Waals surface area contributed by atoms with Crippen molar-refractivity contribution in [3.8, 4) is 0 Å². The Morgan fingerprint density at radius 3 is 2.64 bits per heavy atom. The highest BCUT2D eigenvalue weighted by Gasteiger charge is 2.14. The normalized spacial score (nSPS) is 20.7. The predicted octanol–water partition coefficient (Wildman–Crippen LogP) is 1.32. The molecule has 1 unspecified atom stereocenters. The van der Waals surface area contributed by atoms with Crippen molar-refractivity contribution in [2.24, 2.45) is 5.92 Å². The van der Waals surface area contributed by atoms with Crippen LogP contribution in [-0.4, -0.2) is 43.5 Å². The largest absolute Gasteiger partial charge is 0.379 e. The molecule has 0 aliphatic carbocycles. The quantitative estimate of drug-likeness (QED) is 0.669. The van der Waals surface area contributed by atoms with E-state index in [4.69, 9.17) is 4.74 Å². The van der Waals surface area contributed by atoms with E-state index in [1.165, 1.54) is 0 Å². The fraction of sp³-hybridized carbons (Fsp3) is 0.909. The number of nitrogens with zero attached hydrogens (tertiary/aromatic N) is 1. The van der Waals surface area contributed by atoms with Crippen molar-refractivity contribution in [2.45, 2.75) is 26.7 Å². The van der Waals surface area contributed by atoms with Gasteiger partial charge < -0.3 is 4.74 Å². The van der Waals surface area contributed by atoms with Crippen LogP contribution in [0.5, 0.6) is 0 Å². The summed E-state index contributed by atoms with van der Waals surface area (Å²) in [6.07, 6.45) is 1.66. The van der Waals surface area contributed by atoms with E-state index in [0.717, 1.165) is 39.3 Å². The van der Waals surface area contributed by atoms with Crippen LogP contribution in [0.2, 0.25) is 0 Å². The summed E-state index contributed by atoms with van der Waals surface area (Å²) >= 11 is 0. The average Bonchev–Trinajstić information content (AvgIpc) is 2.26. The van der Waals surface area contributed by atoms with E-state index in [-0.39, 0.29) is 5.92 Å². The van der Waals surface area contributed by atoms with Crippen LogP contribution in [0.3, 0.4) is 0 Å². The Hall–Kier alpha value is -0.410. The molecule has 0 aromatic rings. The van der Waals surface area contributed by atoms with Gasteiger partial charge in [0.25, 0.3) is 0 Å². The standard InChI is InChI=1S/C11H21NO2/c1-3-11(13)10(2)4-5-12-6-8-14-9-7-12/h10H,3-9H2,1-2H3. The lowest BCUT2D eigenvalue weighted by Crippen LogP contribution is -2.37. The minimum absolute atomic E-state index is 0.225. The van der Waals surface area contributed by atoms with Gasteiger partial charge in [0.2, 0.25) is 0 Å². The lowest BCUT2D eigenvalue weighted by molar-refractivity contribution is -0.122. The maximum atomic E-state index is 11.3. The summed E-state index contributed by atoms with van der Waals surface area (Å²) < 4.78 is 5.27. The molecule has 1 saturated heterocycles. The summed E-state index contributed by atoms with van der Waals surface area (Å²) in [4.78, 5) is 13.7. The first-order valence-corrected chi connectivity index (χ1v) is 5.57. The number of rotatable bonds is 5. The molecule has 1 atom stereocenters. The molecule has 0 aromatic carbocycles. The van der Waals surface area contributed by atoms with E-state index >= 15 is 0 Å². The van der Waals surface area contributed by atoms with Gasteiger partial charge in [-0.05, 0) is 13.0 Å². The number of carbonyl (C=O) groups excluding carboxylic acids is 1. The zero-order chi connectivity index (χ0) is 10.4. The van der Waals surface area contributed by atoms with Crippen LogP contribution in [0.4, 0.5) is 0 Å². The van der Waals surface area contributed by atoms with Crippen LogP contribution in [0.15, 0.2) is 0 Å². The Bertz CT molecular complexity index is 176. The molecule has 1 rings (SSSR count). The van der Waals surface area contributed by atoms with Gasteiger partial charge in [0.05, 0.1) is 13.2 Å². The first-order chi connectivity index (χ1) is 6.74. The van der Waals surface area contributed by atoms with Gasteiger partial charge in [0.15, 0.2) is 0 Å². The predicted molar refractivity (Wildman–Crippen MR) is 56.3 cm³/mol. The molecule has 0 N–H and O–H groups in total. The summed E-state index contributed by atoms with van der Waals surface area (Å²) in [5, 5.41) is 0. The average molecular weight is 199 g/mol. The van der Waals surface area contributed by atoms with Crippen molar-refractivity contribution >= 4 is 5.78 Å². The Balaban J connectivity index is 2.15. The van der Waals surface area contributed by atoms with Crippen molar-refractivity contribution in [1.82, 2.24) is 4.90 Å². The maximum absolute atomic E-state index is 11.3. The molecular weight excluding hydrogens is 178 g/mol. The van der Waals surface area contributed by atoms with Crippen LogP contribution in [-0.2, 0) is 9.53 Å². The van der Waals surface area contributed by atoms with E-state index in [1.54, 1.807) is 0 Å². The van der Waals surface area contributed by atoms with Crippen LogP contribution < -0.4 is 0 Å². The fourth-order valence-electron chi connectivity index (χ4n) is 1.71. The lowest BCUT2D eigenvalue weighted by atomic mass is 10.0. The van der Waals surface area contributed by atoms with Crippen molar-refractivity contribution < 1.29 is 9.53 Å². The SMILES string of the molecule is CCC(=O)C(C)CCN1CCOCC1.